The van der Waals surface area contributed by atoms with E-state index in [9.17, 15) is 13.2 Å². The van der Waals surface area contributed by atoms with Crippen LogP contribution >= 0.6 is 11.6 Å². The zero-order valence-electron chi connectivity index (χ0n) is 15.3. The van der Waals surface area contributed by atoms with Crippen LogP contribution in [0.5, 0.6) is 5.75 Å². The predicted molar refractivity (Wildman–Crippen MR) is 106 cm³/mol. The normalized spacial score (nSPS) is 15.2. The molecule has 1 saturated heterocycles. The summed E-state index contributed by atoms with van der Waals surface area (Å²) in [7, 11) is -3.59. The van der Waals surface area contributed by atoms with E-state index < -0.39 is 16.0 Å². The zero-order valence-corrected chi connectivity index (χ0v) is 16.9. The fourth-order valence-corrected chi connectivity index (χ4v) is 4.72. The van der Waals surface area contributed by atoms with Crippen LogP contribution in [0.1, 0.15) is 29.6 Å². The molecule has 1 fully saturated rings. The topological polar surface area (TPSA) is 72.9 Å². The average Bonchev–Trinajstić information content (AvgIpc) is 2.72. The lowest BCUT2D eigenvalue weighted by Gasteiger charge is -2.25. The van der Waals surface area contributed by atoms with Crippen LogP contribution in [0.2, 0.25) is 5.02 Å². The molecule has 2 aromatic rings. The first-order chi connectivity index (χ1) is 13.5. The van der Waals surface area contributed by atoms with Crippen molar-refractivity contribution in [1.29, 1.82) is 0 Å². The summed E-state index contributed by atoms with van der Waals surface area (Å²) in [5, 5.41) is 0.557. The average molecular weight is 424 g/mol. The van der Waals surface area contributed by atoms with E-state index in [1.807, 2.05) is 0 Å². The Kier molecular flexibility index (Phi) is 6.93. The van der Waals surface area contributed by atoms with E-state index in [1.165, 1.54) is 22.5 Å². The van der Waals surface area contributed by atoms with E-state index in [0.29, 0.717) is 23.9 Å². The maximum atomic E-state index is 12.7. The van der Waals surface area contributed by atoms with Gasteiger partial charge in [-0.15, -0.1) is 0 Å². The molecule has 6 nitrogen and oxygen atoms in total. The molecule has 0 aromatic heterocycles. The van der Waals surface area contributed by atoms with Gasteiger partial charge < -0.3 is 9.47 Å². The lowest BCUT2D eigenvalue weighted by molar-refractivity contribution is 0.0450. The molecule has 0 amide bonds. The summed E-state index contributed by atoms with van der Waals surface area (Å²) in [6, 6.07) is 12.9. The van der Waals surface area contributed by atoms with Crippen LogP contribution in [0, 0.1) is 0 Å². The van der Waals surface area contributed by atoms with E-state index in [0.717, 1.165) is 19.3 Å². The van der Waals surface area contributed by atoms with Crippen molar-refractivity contribution in [2.24, 2.45) is 0 Å². The second kappa shape index (κ2) is 9.41. The summed E-state index contributed by atoms with van der Waals surface area (Å²) >= 11 is 5.88. The molecule has 8 heteroatoms. The Labute approximate surface area is 170 Å². The number of hydrogen-bond acceptors (Lipinski definition) is 5. The first-order valence-electron chi connectivity index (χ1n) is 9.12. The van der Waals surface area contributed by atoms with Gasteiger partial charge in [0, 0.05) is 18.1 Å². The third-order valence-electron chi connectivity index (χ3n) is 4.40. The Bertz CT molecular complexity index is 926. The number of sulfonamides is 1. The summed E-state index contributed by atoms with van der Waals surface area (Å²) in [6.07, 6.45) is 2.75. The number of nitrogens with zero attached hydrogens (tertiary/aromatic N) is 1. The molecule has 0 unspecified atom stereocenters. The largest absolute Gasteiger partial charge is 0.490 e. The minimum atomic E-state index is -3.59. The number of benzene rings is 2. The van der Waals surface area contributed by atoms with Gasteiger partial charge in [-0.3, -0.25) is 0 Å². The highest BCUT2D eigenvalue weighted by molar-refractivity contribution is 7.89. The number of piperidine rings is 1. The van der Waals surface area contributed by atoms with Gasteiger partial charge >= 0.3 is 5.97 Å². The minimum Gasteiger partial charge on any atom is -0.490 e. The van der Waals surface area contributed by atoms with Gasteiger partial charge in [-0.25, -0.2) is 13.2 Å². The van der Waals surface area contributed by atoms with E-state index >= 15 is 0 Å². The zero-order chi connectivity index (χ0) is 20.0. The van der Waals surface area contributed by atoms with Crippen molar-refractivity contribution in [2.45, 2.75) is 24.2 Å². The standard InChI is InChI=1S/C20H22ClNO5S/c21-17-7-5-8-18(15-17)26-12-13-27-20(23)16-6-4-9-19(14-16)28(24,25)22-10-2-1-3-11-22/h4-9,14-15H,1-3,10-13H2. The molecular weight excluding hydrogens is 402 g/mol. The van der Waals surface area contributed by atoms with Crippen molar-refractivity contribution in [1.82, 2.24) is 4.31 Å². The second-order valence-electron chi connectivity index (χ2n) is 6.43. The van der Waals surface area contributed by atoms with Gasteiger partial charge in [0.15, 0.2) is 0 Å². The molecule has 0 radical (unpaired) electrons. The number of rotatable bonds is 7. The summed E-state index contributed by atoms with van der Waals surface area (Å²) in [5.74, 6) is -0.0106. The van der Waals surface area contributed by atoms with E-state index in [4.69, 9.17) is 21.1 Å². The summed E-state index contributed by atoms with van der Waals surface area (Å²) in [5.41, 5.74) is 0.195. The highest BCUT2D eigenvalue weighted by atomic mass is 35.5. The van der Waals surface area contributed by atoms with E-state index in [1.54, 1.807) is 30.3 Å². The van der Waals surface area contributed by atoms with Gasteiger partial charge in [0.25, 0.3) is 0 Å². The van der Waals surface area contributed by atoms with Crippen molar-refractivity contribution in [3.05, 3.63) is 59.1 Å². The predicted octanol–water partition coefficient (Wildman–Crippen LogP) is 3.75. The van der Waals surface area contributed by atoms with Gasteiger partial charge in [0.05, 0.1) is 10.5 Å². The Morgan fingerprint density at radius 2 is 1.75 bits per heavy atom. The smallest absolute Gasteiger partial charge is 0.338 e. The highest BCUT2D eigenvalue weighted by Gasteiger charge is 2.26. The first-order valence-corrected chi connectivity index (χ1v) is 10.9. The van der Waals surface area contributed by atoms with E-state index in [-0.39, 0.29) is 23.7 Å². The molecular formula is C20H22ClNO5S. The van der Waals surface area contributed by atoms with Crippen LogP contribution in [-0.2, 0) is 14.8 Å². The number of carbonyl (C=O) groups is 1. The van der Waals surface area contributed by atoms with Crippen LogP contribution in [0.15, 0.2) is 53.4 Å². The van der Waals surface area contributed by atoms with E-state index in [2.05, 4.69) is 0 Å². The molecule has 1 heterocycles. The number of esters is 1. The lowest BCUT2D eigenvalue weighted by atomic mass is 10.2. The molecule has 28 heavy (non-hydrogen) atoms. The molecule has 0 N–H and O–H groups in total. The SMILES string of the molecule is O=C(OCCOc1cccc(Cl)c1)c1cccc(S(=O)(=O)N2CCCCC2)c1. The monoisotopic (exact) mass is 423 g/mol. The molecule has 2 aromatic carbocycles. The first kappa shape index (κ1) is 20.6. The van der Waals surface area contributed by atoms with Crippen molar-refractivity contribution >= 4 is 27.6 Å². The second-order valence-corrected chi connectivity index (χ2v) is 8.81. The van der Waals surface area contributed by atoms with Crippen LogP contribution < -0.4 is 4.74 Å². The van der Waals surface area contributed by atoms with Crippen molar-refractivity contribution in [2.75, 3.05) is 26.3 Å². The van der Waals surface area contributed by atoms with Gasteiger partial charge in [0.1, 0.15) is 19.0 Å². The van der Waals surface area contributed by atoms with Gasteiger partial charge in [-0.2, -0.15) is 4.31 Å². The molecule has 0 aliphatic carbocycles. The lowest BCUT2D eigenvalue weighted by Crippen LogP contribution is -2.35. The molecule has 0 bridgehead atoms. The molecule has 0 saturated carbocycles. The van der Waals surface area contributed by atoms with Crippen LogP contribution in [-0.4, -0.2) is 45.0 Å². The third-order valence-corrected chi connectivity index (χ3v) is 6.53. The summed E-state index contributed by atoms with van der Waals surface area (Å²) in [4.78, 5) is 12.4. The molecule has 150 valence electrons. The quantitative estimate of drug-likeness (QED) is 0.501. The Morgan fingerprint density at radius 1 is 1.00 bits per heavy atom. The number of ether oxygens (including phenoxy) is 2. The Morgan fingerprint density at radius 3 is 2.50 bits per heavy atom. The summed E-state index contributed by atoms with van der Waals surface area (Å²) in [6.45, 7) is 1.22. The van der Waals surface area contributed by atoms with Crippen LogP contribution in [0.25, 0.3) is 0 Å². The number of halogens is 1. The van der Waals surface area contributed by atoms with Gasteiger partial charge in [-0.1, -0.05) is 30.2 Å². The van der Waals surface area contributed by atoms with Crippen LogP contribution in [0.3, 0.4) is 0 Å². The molecule has 0 spiro atoms. The molecule has 3 rings (SSSR count). The van der Waals surface area contributed by atoms with Crippen LogP contribution in [0.4, 0.5) is 0 Å². The van der Waals surface area contributed by atoms with Gasteiger partial charge in [0.2, 0.25) is 10.0 Å². The molecule has 0 atom stereocenters. The molecule has 1 aliphatic heterocycles. The fourth-order valence-electron chi connectivity index (χ4n) is 2.97. The minimum absolute atomic E-state index is 0.0362. The fraction of sp³-hybridized carbons (Fsp3) is 0.350. The van der Waals surface area contributed by atoms with Crippen molar-refractivity contribution in [3.8, 4) is 5.75 Å². The highest BCUT2D eigenvalue weighted by Crippen LogP contribution is 2.21. The number of carbonyl (C=O) groups excluding carboxylic acids is 1. The van der Waals surface area contributed by atoms with Crippen molar-refractivity contribution < 1.29 is 22.7 Å². The van der Waals surface area contributed by atoms with Crippen molar-refractivity contribution in [3.63, 3.8) is 0 Å². The molecule has 1 aliphatic rings. The third kappa shape index (κ3) is 5.25. The Balaban J connectivity index is 1.57. The maximum absolute atomic E-state index is 12.7. The van der Waals surface area contributed by atoms with Gasteiger partial charge in [-0.05, 0) is 49.2 Å². The number of hydrogen-bond donors (Lipinski definition) is 0. The summed E-state index contributed by atoms with van der Waals surface area (Å²) < 4.78 is 37.6. The Hall–Kier alpha value is -2.09. The maximum Gasteiger partial charge on any atom is 0.338 e.